The zero-order valence-electron chi connectivity index (χ0n) is 14.5. The van der Waals surface area contributed by atoms with Crippen molar-refractivity contribution < 1.29 is 9.59 Å². The van der Waals surface area contributed by atoms with Crippen molar-refractivity contribution in [1.82, 2.24) is 10.2 Å². The number of hydrogen-bond donors (Lipinski definition) is 1. The van der Waals surface area contributed by atoms with Gasteiger partial charge in [0, 0.05) is 6.04 Å². The van der Waals surface area contributed by atoms with Crippen LogP contribution in [0.15, 0.2) is 0 Å². The summed E-state index contributed by atoms with van der Waals surface area (Å²) in [6.07, 6.45) is 3.92. The molecule has 1 aliphatic rings. The van der Waals surface area contributed by atoms with Crippen LogP contribution in [0.5, 0.6) is 0 Å². The van der Waals surface area contributed by atoms with E-state index in [1.54, 1.807) is 0 Å². The summed E-state index contributed by atoms with van der Waals surface area (Å²) in [6, 6.07) is -0.539. The standard InChI is InChI=1S/C17H32N2O2/c1-7-14-16(20)18-15(12(4)5)17(21)19(14)13(6)10-8-9-11(2)3/h11-15H,7-10H2,1-6H3,(H,18,20). The van der Waals surface area contributed by atoms with Crippen LogP contribution in [0.3, 0.4) is 0 Å². The topological polar surface area (TPSA) is 49.4 Å². The Bertz CT molecular complexity index is 366. The highest BCUT2D eigenvalue weighted by atomic mass is 16.2. The van der Waals surface area contributed by atoms with Gasteiger partial charge in [0.25, 0.3) is 0 Å². The molecule has 1 saturated heterocycles. The molecule has 0 aromatic rings. The maximum Gasteiger partial charge on any atom is 0.246 e. The van der Waals surface area contributed by atoms with E-state index in [-0.39, 0.29) is 35.9 Å². The molecule has 21 heavy (non-hydrogen) atoms. The van der Waals surface area contributed by atoms with Crippen molar-refractivity contribution >= 4 is 11.8 Å². The van der Waals surface area contributed by atoms with E-state index < -0.39 is 0 Å². The number of carbonyl (C=O) groups excluding carboxylic acids is 2. The Labute approximate surface area is 129 Å². The Balaban J connectivity index is 2.81. The average molecular weight is 296 g/mol. The third-order valence-corrected chi connectivity index (χ3v) is 4.39. The molecule has 122 valence electrons. The van der Waals surface area contributed by atoms with Crippen molar-refractivity contribution in [2.24, 2.45) is 11.8 Å². The van der Waals surface area contributed by atoms with Crippen LogP contribution in [-0.2, 0) is 9.59 Å². The average Bonchev–Trinajstić information content (AvgIpc) is 2.39. The highest BCUT2D eigenvalue weighted by molar-refractivity contribution is 5.97. The van der Waals surface area contributed by atoms with E-state index in [9.17, 15) is 9.59 Å². The number of amides is 2. The van der Waals surface area contributed by atoms with Gasteiger partial charge in [0.2, 0.25) is 11.8 Å². The number of rotatable bonds is 7. The second-order valence-corrected chi connectivity index (χ2v) is 7.07. The second-order valence-electron chi connectivity index (χ2n) is 7.07. The largest absolute Gasteiger partial charge is 0.342 e. The van der Waals surface area contributed by atoms with Gasteiger partial charge in [-0.25, -0.2) is 0 Å². The van der Waals surface area contributed by atoms with Crippen molar-refractivity contribution in [2.75, 3.05) is 0 Å². The summed E-state index contributed by atoms with van der Waals surface area (Å²) < 4.78 is 0. The molecule has 2 amide bonds. The van der Waals surface area contributed by atoms with Gasteiger partial charge in [0.1, 0.15) is 12.1 Å². The lowest BCUT2D eigenvalue weighted by Crippen LogP contribution is -2.66. The number of nitrogens with zero attached hydrogens (tertiary/aromatic N) is 1. The Morgan fingerprint density at radius 2 is 1.71 bits per heavy atom. The van der Waals surface area contributed by atoms with E-state index in [0.29, 0.717) is 12.3 Å². The molecule has 3 unspecified atom stereocenters. The lowest BCUT2D eigenvalue weighted by molar-refractivity contribution is -0.153. The van der Waals surface area contributed by atoms with Crippen LogP contribution in [-0.4, -0.2) is 34.8 Å². The molecule has 4 nitrogen and oxygen atoms in total. The van der Waals surface area contributed by atoms with E-state index in [4.69, 9.17) is 0 Å². The second kappa shape index (κ2) is 7.81. The molecule has 1 fully saturated rings. The first-order valence-corrected chi connectivity index (χ1v) is 8.42. The van der Waals surface area contributed by atoms with Gasteiger partial charge >= 0.3 is 0 Å². The summed E-state index contributed by atoms with van der Waals surface area (Å²) in [5.74, 6) is 0.910. The van der Waals surface area contributed by atoms with Crippen LogP contribution in [0.4, 0.5) is 0 Å². The molecule has 0 spiro atoms. The fraction of sp³-hybridized carbons (Fsp3) is 0.882. The normalized spacial score (nSPS) is 24.7. The van der Waals surface area contributed by atoms with Crippen molar-refractivity contribution in [3.8, 4) is 0 Å². The predicted molar refractivity (Wildman–Crippen MR) is 85.8 cm³/mol. The van der Waals surface area contributed by atoms with Gasteiger partial charge in [-0.3, -0.25) is 9.59 Å². The molecule has 1 rings (SSSR count). The summed E-state index contributed by atoms with van der Waals surface area (Å²) in [7, 11) is 0. The van der Waals surface area contributed by atoms with Crippen LogP contribution >= 0.6 is 0 Å². The van der Waals surface area contributed by atoms with E-state index in [2.05, 4.69) is 26.1 Å². The molecule has 1 aliphatic heterocycles. The molecule has 0 aromatic heterocycles. The van der Waals surface area contributed by atoms with E-state index in [0.717, 1.165) is 12.8 Å². The van der Waals surface area contributed by atoms with Crippen molar-refractivity contribution in [2.45, 2.75) is 85.4 Å². The Hall–Kier alpha value is -1.06. The first kappa shape index (κ1) is 18.0. The van der Waals surface area contributed by atoms with Crippen molar-refractivity contribution in [3.05, 3.63) is 0 Å². The summed E-state index contributed by atoms with van der Waals surface area (Å²) in [5.41, 5.74) is 0. The maximum atomic E-state index is 12.7. The fourth-order valence-corrected chi connectivity index (χ4v) is 3.07. The van der Waals surface area contributed by atoms with Crippen LogP contribution in [0.1, 0.15) is 67.2 Å². The lowest BCUT2D eigenvalue weighted by atomic mass is 9.94. The number of piperazine rings is 1. The molecular formula is C17H32N2O2. The summed E-state index contributed by atoms with van der Waals surface area (Å²) in [5, 5.41) is 2.90. The highest BCUT2D eigenvalue weighted by Crippen LogP contribution is 2.23. The first-order valence-electron chi connectivity index (χ1n) is 8.42. The monoisotopic (exact) mass is 296 g/mol. The van der Waals surface area contributed by atoms with Gasteiger partial charge in [0.15, 0.2) is 0 Å². The minimum absolute atomic E-state index is 0.00603. The third-order valence-electron chi connectivity index (χ3n) is 4.39. The maximum absolute atomic E-state index is 12.7. The van der Waals surface area contributed by atoms with Crippen LogP contribution in [0, 0.1) is 11.8 Å². The molecule has 0 aliphatic carbocycles. The molecular weight excluding hydrogens is 264 g/mol. The number of nitrogens with one attached hydrogen (secondary N) is 1. The smallest absolute Gasteiger partial charge is 0.246 e. The van der Waals surface area contributed by atoms with Gasteiger partial charge in [0.05, 0.1) is 0 Å². The minimum Gasteiger partial charge on any atom is -0.342 e. The SMILES string of the molecule is CCC1C(=O)NC(C(C)C)C(=O)N1C(C)CCCC(C)C. The van der Waals surface area contributed by atoms with Crippen molar-refractivity contribution in [1.29, 1.82) is 0 Å². The summed E-state index contributed by atoms with van der Waals surface area (Å²) in [4.78, 5) is 26.9. The van der Waals surface area contributed by atoms with E-state index in [1.165, 1.54) is 6.42 Å². The molecule has 1 N–H and O–H groups in total. The van der Waals surface area contributed by atoms with E-state index in [1.807, 2.05) is 25.7 Å². The predicted octanol–water partition coefficient (Wildman–Crippen LogP) is 2.96. The van der Waals surface area contributed by atoms with Gasteiger partial charge in [-0.15, -0.1) is 0 Å². The van der Waals surface area contributed by atoms with Gasteiger partial charge < -0.3 is 10.2 Å². The van der Waals surface area contributed by atoms with E-state index >= 15 is 0 Å². The lowest BCUT2D eigenvalue weighted by Gasteiger charge is -2.43. The van der Waals surface area contributed by atoms with Crippen molar-refractivity contribution in [3.63, 3.8) is 0 Å². The number of carbonyl (C=O) groups is 2. The summed E-state index contributed by atoms with van der Waals surface area (Å²) in [6.45, 7) is 12.5. The molecule has 0 radical (unpaired) electrons. The molecule has 0 bridgehead atoms. The molecule has 4 heteroatoms. The van der Waals surface area contributed by atoms with Crippen LogP contribution in [0.25, 0.3) is 0 Å². The molecule has 0 aromatic carbocycles. The molecule has 1 heterocycles. The van der Waals surface area contributed by atoms with Crippen LogP contribution < -0.4 is 5.32 Å². The third kappa shape index (κ3) is 4.45. The van der Waals surface area contributed by atoms with Gasteiger partial charge in [-0.2, -0.15) is 0 Å². The number of hydrogen-bond acceptors (Lipinski definition) is 2. The molecule has 3 atom stereocenters. The quantitative estimate of drug-likeness (QED) is 0.785. The Kier molecular flexibility index (Phi) is 6.69. The zero-order valence-corrected chi connectivity index (χ0v) is 14.5. The molecule has 0 saturated carbocycles. The fourth-order valence-electron chi connectivity index (χ4n) is 3.07. The summed E-state index contributed by atoms with van der Waals surface area (Å²) >= 11 is 0. The minimum atomic E-state index is -0.368. The Morgan fingerprint density at radius 3 is 2.19 bits per heavy atom. The van der Waals surface area contributed by atoms with Gasteiger partial charge in [-0.1, -0.05) is 47.5 Å². The first-order chi connectivity index (χ1) is 9.79. The Morgan fingerprint density at radius 1 is 1.10 bits per heavy atom. The van der Waals surface area contributed by atoms with Gasteiger partial charge in [-0.05, 0) is 31.6 Å². The zero-order chi connectivity index (χ0) is 16.2. The highest BCUT2D eigenvalue weighted by Gasteiger charge is 2.42. The van der Waals surface area contributed by atoms with Crippen LogP contribution in [0.2, 0.25) is 0 Å².